The second-order valence-electron chi connectivity index (χ2n) is 7.17. The molecule has 0 aromatic rings. The maximum Gasteiger partial charge on any atom is 0.460 e. The number of hydrogen-bond acceptors (Lipinski definition) is 1. The average Bonchev–Trinajstić information content (AvgIpc) is 2.63. The minimum Gasteiger partial charge on any atom is -0.387 e. The Hall–Kier alpha value is -1.27. The van der Waals surface area contributed by atoms with Crippen molar-refractivity contribution in [1.29, 1.82) is 0 Å². The van der Waals surface area contributed by atoms with Gasteiger partial charge in [-0.25, -0.2) is 0 Å². The van der Waals surface area contributed by atoms with Crippen molar-refractivity contribution in [2.75, 3.05) is 19.6 Å². The highest BCUT2D eigenvalue weighted by Gasteiger charge is 2.95. The van der Waals surface area contributed by atoms with Gasteiger partial charge >= 0.3 is 47.6 Å². The summed E-state index contributed by atoms with van der Waals surface area (Å²) in [5.74, 6) is -56.6. The zero-order chi connectivity index (χ0) is 28.0. The third-order valence-corrected chi connectivity index (χ3v) is 4.80. The number of hydrogen-bond donors (Lipinski definition) is 2. The zero-order valence-electron chi connectivity index (χ0n) is 16.8. The third-order valence-electron chi connectivity index (χ3n) is 4.80. The van der Waals surface area contributed by atoms with E-state index >= 15 is 0 Å². The van der Waals surface area contributed by atoms with Crippen molar-refractivity contribution >= 4 is 0 Å². The molecule has 0 rings (SSSR count). The first kappa shape index (κ1) is 32.7. The van der Waals surface area contributed by atoms with E-state index in [0.29, 0.717) is 0 Å². The van der Waals surface area contributed by atoms with Gasteiger partial charge in [0.05, 0.1) is 13.1 Å². The van der Waals surface area contributed by atoms with Gasteiger partial charge < -0.3 is 10.0 Å². The molecular weight excluding hydrogens is 533 g/mol. The maximum atomic E-state index is 13.8. The molecule has 0 saturated heterocycles. The molecule has 0 aromatic heterocycles. The van der Waals surface area contributed by atoms with Crippen LogP contribution in [0.3, 0.4) is 0 Å². The fraction of sp³-hybridized carbons (Fsp3) is 1.00. The fourth-order valence-electron chi connectivity index (χ4n) is 2.56. The zero-order valence-corrected chi connectivity index (χ0v) is 16.8. The molecule has 206 valence electrons. The average molecular weight is 550 g/mol. The monoisotopic (exact) mass is 550 g/mol. The summed E-state index contributed by atoms with van der Waals surface area (Å²) in [6.07, 6.45) is -13.3. The predicted molar refractivity (Wildman–Crippen MR) is 78.2 cm³/mol. The second-order valence-corrected chi connectivity index (χ2v) is 7.17. The van der Waals surface area contributed by atoms with E-state index in [1.165, 1.54) is 13.8 Å². The van der Waals surface area contributed by atoms with E-state index in [2.05, 4.69) is 0 Å². The lowest BCUT2D eigenvalue weighted by Crippen LogP contribution is -3.12. The van der Waals surface area contributed by atoms with Gasteiger partial charge in [0.25, 0.3) is 0 Å². The molecule has 0 fully saturated rings. The van der Waals surface area contributed by atoms with Crippen LogP contribution in [0.25, 0.3) is 0 Å². The molecule has 1 unspecified atom stereocenters. The van der Waals surface area contributed by atoms with Gasteiger partial charge in [0.15, 0.2) is 0 Å². The number of rotatable bonds is 12. The van der Waals surface area contributed by atoms with Crippen LogP contribution in [-0.2, 0) is 0 Å². The van der Waals surface area contributed by atoms with Crippen molar-refractivity contribution < 1.29 is 84.6 Å². The van der Waals surface area contributed by atoms with Crippen molar-refractivity contribution in [3.8, 4) is 0 Å². The number of likely N-dealkylation sites (N-methyl/N-ethyl adjacent to an activating group) is 1. The summed E-state index contributed by atoms with van der Waals surface area (Å²) in [4.78, 5) is 0.157. The van der Waals surface area contributed by atoms with Crippen molar-refractivity contribution in [2.24, 2.45) is 0 Å². The lowest BCUT2D eigenvalue weighted by molar-refractivity contribution is -0.899. The normalized spacial score (nSPS) is 16.9. The van der Waals surface area contributed by atoms with Gasteiger partial charge in [0.1, 0.15) is 12.6 Å². The first-order valence-corrected chi connectivity index (χ1v) is 8.87. The van der Waals surface area contributed by atoms with E-state index in [4.69, 9.17) is 0 Å². The third kappa shape index (κ3) is 4.86. The highest BCUT2D eigenvalue weighted by molar-refractivity contribution is 5.15. The Labute approximate surface area is 179 Å². The van der Waals surface area contributed by atoms with Crippen LogP contribution < -0.4 is 4.90 Å². The molecule has 0 amide bonds. The molecule has 0 aliphatic heterocycles. The molecule has 0 bridgehead atoms. The summed E-state index contributed by atoms with van der Waals surface area (Å²) in [5, 5.41) is 9.38. The summed E-state index contributed by atoms with van der Waals surface area (Å²) in [5.41, 5.74) is 0. The van der Waals surface area contributed by atoms with E-state index in [9.17, 15) is 79.7 Å². The molecule has 2 nitrogen and oxygen atoms in total. The molecule has 0 aliphatic carbocycles. The number of alkyl halides is 17. The van der Waals surface area contributed by atoms with Gasteiger partial charge in [0, 0.05) is 6.42 Å². The van der Waals surface area contributed by atoms with Gasteiger partial charge in [-0.1, -0.05) is 0 Å². The molecule has 0 heterocycles. The Morgan fingerprint density at radius 3 is 1.12 bits per heavy atom. The van der Waals surface area contributed by atoms with Gasteiger partial charge in [-0.15, -0.1) is 0 Å². The van der Waals surface area contributed by atoms with Gasteiger partial charge in [-0.3, -0.25) is 0 Å². The van der Waals surface area contributed by atoms with Crippen LogP contribution in [0.2, 0.25) is 0 Å². The Morgan fingerprint density at radius 2 is 0.824 bits per heavy atom. The van der Waals surface area contributed by atoms with Crippen LogP contribution in [0.5, 0.6) is 0 Å². The summed E-state index contributed by atoms with van der Waals surface area (Å²) in [6.45, 7) is 1.89. The van der Waals surface area contributed by atoms with E-state index in [1.54, 1.807) is 0 Å². The molecule has 34 heavy (non-hydrogen) atoms. The van der Waals surface area contributed by atoms with Gasteiger partial charge in [-0.2, -0.15) is 74.6 Å². The SMILES string of the molecule is CC[NH+](CC)CC(O)CC(F)(F)C(F)(F)C(F)(F)C(F)(F)C(F)(F)C(F)(F)C(F)(F)C(F)(F)F. The summed E-state index contributed by atoms with van der Waals surface area (Å²) < 4.78 is 223. The quantitative estimate of drug-likeness (QED) is 0.340. The van der Waals surface area contributed by atoms with Crippen molar-refractivity contribution in [2.45, 2.75) is 74.0 Å². The van der Waals surface area contributed by atoms with Crippen LogP contribution in [0.15, 0.2) is 0 Å². The predicted octanol–water partition coefficient (Wildman–Crippen LogP) is 4.67. The number of aliphatic hydroxyl groups is 1. The summed E-state index contributed by atoms with van der Waals surface area (Å²) in [6, 6.07) is 0. The minimum atomic E-state index is -8.65. The number of nitrogens with one attached hydrogen (secondary N) is 1. The van der Waals surface area contributed by atoms with Gasteiger partial charge in [0.2, 0.25) is 0 Å². The van der Waals surface area contributed by atoms with E-state index < -0.39 is 66.7 Å². The highest BCUT2D eigenvalue weighted by Crippen LogP contribution is 2.64. The number of halogens is 17. The van der Waals surface area contributed by atoms with Crippen LogP contribution >= 0.6 is 0 Å². The van der Waals surface area contributed by atoms with Crippen molar-refractivity contribution in [1.82, 2.24) is 0 Å². The molecule has 2 N–H and O–H groups in total. The molecule has 19 heteroatoms. The van der Waals surface area contributed by atoms with E-state index in [1.807, 2.05) is 0 Å². The van der Waals surface area contributed by atoms with Crippen molar-refractivity contribution in [3.05, 3.63) is 0 Å². The number of quaternary nitrogens is 1. The Kier molecular flexibility index (Phi) is 8.96. The largest absolute Gasteiger partial charge is 0.460 e. The Bertz CT molecular complexity index is 683. The summed E-state index contributed by atoms with van der Waals surface area (Å²) >= 11 is 0. The van der Waals surface area contributed by atoms with E-state index in [-0.39, 0.29) is 18.0 Å². The van der Waals surface area contributed by atoms with Crippen LogP contribution in [-0.4, -0.2) is 78.5 Å². The first-order valence-electron chi connectivity index (χ1n) is 8.87. The lowest BCUT2D eigenvalue weighted by Gasteiger charge is -2.43. The topological polar surface area (TPSA) is 24.7 Å². The minimum absolute atomic E-state index is 0.0263. The second kappa shape index (κ2) is 9.31. The first-order chi connectivity index (χ1) is 14.6. The van der Waals surface area contributed by atoms with Crippen LogP contribution in [0.1, 0.15) is 20.3 Å². The smallest absolute Gasteiger partial charge is 0.387 e. The Morgan fingerprint density at radius 1 is 0.529 bits per heavy atom. The van der Waals surface area contributed by atoms with Gasteiger partial charge in [-0.05, 0) is 13.8 Å². The van der Waals surface area contributed by atoms with Crippen molar-refractivity contribution in [3.63, 3.8) is 0 Å². The molecule has 0 aliphatic rings. The molecule has 1 atom stereocenters. The molecular formula is C15H17F17NO+. The fourth-order valence-corrected chi connectivity index (χ4v) is 2.56. The number of aliphatic hydroxyl groups excluding tert-OH is 1. The Balaban J connectivity index is 6.44. The highest BCUT2D eigenvalue weighted by atomic mass is 19.4. The molecule has 0 saturated carbocycles. The molecule has 0 radical (unpaired) electrons. The molecule has 0 spiro atoms. The van der Waals surface area contributed by atoms with E-state index in [0.717, 1.165) is 0 Å². The lowest BCUT2D eigenvalue weighted by atomic mass is 9.87. The maximum absolute atomic E-state index is 13.8. The van der Waals surface area contributed by atoms with Crippen LogP contribution in [0.4, 0.5) is 74.6 Å². The van der Waals surface area contributed by atoms with Crippen LogP contribution in [0, 0.1) is 0 Å². The molecule has 0 aromatic carbocycles. The summed E-state index contributed by atoms with van der Waals surface area (Å²) in [7, 11) is 0. The standard InChI is InChI=1S/C15H16F17NO/c1-3-33(4-2)6-7(34)5-8(16,17)9(18,19)10(20,21)11(22,23)12(24,25)13(26,27)14(28,29)15(30,31)32/h7,34H,3-6H2,1-2H3/p+1.